The molecule has 1 aliphatic heterocycles. The molecule has 2 aromatic rings. The second-order valence-corrected chi connectivity index (χ2v) is 8.30. The molecule has 10 heteroatoms. The zero-order valence-electron chi connectivity index (χ0n) is 16.7. The average Bonchev–Trinajstić information content (AvgIpc) is 2.69. The molecule has 0 radical (unpaired) electrons. The molecule has 1 fully saturated rings. The third kappa shape index (κ3) is 4.63. The lowest BCUT2D eigenvalue weighted by atomic mass is 9.98. The SMILES string of the molecule is CC(C)n1c(N2CCCC(C(N)=O)C2)nc(OCc2ccc(F)cc2F)c(Br)c1=O. The number of rotatable bonds is 6. The Morgan fingerprint density at radius 2 is 2.13 bits per heavy atom. The van der Waals surface area contributed by atoms with E-state index in [0.717, 1.165) is 18.6 Å². The van der Waals surface area contributed by atoms with Crippen molar-refractivity contribution >= 4 is 27.8 Å². The van der Waals surface area contributed by atoms with E-state index in [1.165, 1.54) is 10.6 Å². The minimum Gasteiger partial charge on any atom is -0.472 e. The standard InChI is InChI=1S/C20H23BrF2N4O3/c1-11(2)27-19(29)16(21)18(30-10-13-5-6-14(22)8-15(13)23)25-20(27)26-7-3-4-12(9-26)17(24)28/h5-6,8,11-12H,3-4,7,9-10H2,1-2H3,(H2,24,28). The summed E-state index contributed by atoms with van der Waals surface area (Å²) in [5.74, 6) is -1.81. The van der Waals surface area contributed by atoms with Crippen molar-refractivity contribution in [3.8, 4) is 5.88 Å². The number of benzene rings is 1. The molecule has 162 valence electrons. The van der Waals surface area contributed by atoms with Gasteiger partial charge in [-0.05, 0) is 54.8 Å². The van der Waals surface area contributed by atoms with Gasteiger partial charge < -0.3 is 15.4 Å². The van der Waals surface area contributed by atoms with Crippen molar-refractivity contribution in [2.45, 2.75) is 39.3 Å². The van der Waals surface area contributed by atoms with Gasteiger partial charge in [0.15, 0.2) is 0 Å². The molecule has 30 heavy (non-hydrogen) atoms. The van der Waals surface area contributed by atoms with Crippen molar-refractivity contribution < 1.29 is 18.3 Å². The van der Waals surface area contributed by atoms with Crippen LogP contribution in [0, 0.1) is 17.6 Å². The molecule has 2 heterocycles. The third-order valence-corrected chi connectivity index (χ3v) is 5.69. The highest BCUT2D eigenvalue weighted by molar-refractivity contribution is 9.10. The zero-order valence-corrected chi connectivity index (χ0v) is 18.3. The monoisotopic (exact) mass is 484 g/mol. The average molecular weight is 485 g/mol. The molecule has 2 N–H and O–H groups in total. The number of hydrogen-bond acceptors (Lipinski definition) is 5. The number of halogens is 3. The molecule has 0 saturated carbocycles. The van der Waals surface area contributed by atoms with Crippen LogP contribution < -0.4 is 20.9 Å². The Morgan fingerprint density at radius 1 is 1.40 bits per heavy atom. The van der Waals surface area contributed by atoms with Gasteiger partial charge in [0.2, 0.25) is 17.7 Å². The summed E-state index contributed by atoms with van der Waals surface area (Å²) in [6.07, 6.45) is 1.41. The molecule has 1 aromatic heterocycles. The zero-order chi connectivity index (χ0) is 22.0. The first-order chi connectivity index (χ1) is 14.2. The van der Waals surface area contributed by atoms with Crippen LogP contribution in [0.4, 0.5) is 14.7 Å². The molecule has 1 aliphatic rings. The van der Waals surface area contributed by atoms with Crippen molar-refractivity contribution in [1.82, 2.24) is 9.55 Å². The Hall–Kier alpha value is -2.49. The molecular weight excluding hydrogens is 462 g/mol. The lowest BCUT2D eigenvalue weighted by Gasteiger charge is -2.34. The summed E-state index contributed by atoms with van der Waals surface area (Å²) >= 11 is 3.23. The number of aromatic nitrogens is 2. The first kappa shape index (κ1) is 22.2. The van der Waals surface area contributed by atoms with E-state index in [-0.39, 0.29) is 40.0 Å². The summed E-state index contributed by atoms with van der Waals surface area (Å²) in [4.78, 5) is 31.0. The van der Waals surface area contributed by atoms with E-state index in [2.05, 4.69) is 20.9 Å². The molecule has 1 atom stereocenters. The van der Waals surface area contributed by atoms with Crippen LogP contribution in [-0.4, -0.2) is 28.5 Å². The second kappa shape index (κ2) is 9.11. The number of nitrogens with zero attached hydrogens (tertiary/aromatic N) is 3. The van der Waals surface area contributed by atoms with E-state index >= 15 is 0 Å². The van der Waals surface area contributed by atoms with Crippen LogP contribution in [0.1, 0.15) is 38.3 Å². The molecule has 1 saturated heterocycles. The van der Waals surface area contributed by atoms with Gasteiger partial charge in [0, 0.05) is 30.8 Å². The van der Waals surface area contributed by atoms with Gasteiger partial charge >= 0.3 is 0 Å². The maximum atomic E-state index is 13.9. The quantitative estimate of drug-likeness (QED) is 0.679. The minimum absolute atomic E-state index is 0.00294. The maximum absolute atomic E-state index is 13.9. The first-order valence-electron chi connectivity index (χ1n) is 9.62. The Labute approximate surface area is 181 Å². The summed E-state index contributed by atoms with van der Waals surface area (Å²) in [6.45, 7) is 4.43. The summed E-state index contributed by atoms with van der Waals surface area (Å²) in [6, 6.07) is 2.97. The van der Waals surface area contributed by atoms with Gasteiger partial charge in [0.1, 0.15) is 22.7 Å². The van der Waals surface area contributed by atoms with Crippen LogP contribution >= 0.6 is 15.9 Å². The summed E-state index contributed by atoms with van der Waals surface area (Å²) in [5, 5.41) is 0. The topological polar surface area (TPSA) is 90.5 Å². The van der Waals surface area contributed by atoms with Crippen LogP contribution in [0.3, 0.4) is 0 Å². The van der Waals surface area contributed by atoms with Crippen molar-refractivity contribution in [2.75, 3.05) is 18.0 Å². The van der Waals surface area contributed by atoms with Gasteiger partial charge in [-0.1, -0.05) is 0 Å². The molecule has 7 nitrogen and oxygen atoms in total. The smallest absolute Gasteiger partial charge is 0.273 e. The number of amides is 1. The van der Waals surface area contributed by atoms with E-state index in [1.54, 1.807) is 0 Å². The fourth-order valence-electron chi connectivity index (χ4n) is 3.44. The number of nitrogens with two attached hydrogens (primary N) is 1. The van der Waals surface area contributed by atoms with E-state index in [0.29, 0.717) is 25.5 Å². The molecular formula is C20H23BrF2N4O3. The Morgan fingerprint density at radius 3 is 2.77 bits per heavy atom. The van der Waals surface area contributed by atoms with Crippen LogP contribution in [-0.2, 0) is 11.4 Å². The Kier molecular flexibility index (Phi) is 6.74. The molecule has 3 rings (SSSR count). The fraction of sp³-hybridized carbons (Fsp3) is 0.450. The molecule has 1 amide bonds. The number of ether oxygens (including phenoxy) is 1. The predicted molar refractivity (Wildman–Crippen MR) is 111 cm³/mol. The fourth-order valence-corrected chi connectivity index (χ4v) is 3.84. The highest BCUT2D eigenvalue weighted by atomic mass is 79.9. The molecule has 0 spiro atoms. The normalized spacial score (nSPS) is 16.7. The van der Waals surface area contributed by atoms with E-state index in [4.69, 9.17) is 10.5 Å². The van der Waals surface area contributed by atoms with Crippen molar-refractivity contribution in [1.29, 1.82) is 0 Å². The van der Waals surface area contributed by atoms with Crippen LogP contribution in [0.5, 0.6) is 5.88 Å². The Bertz CT molecular complexity index is 1010. The van der Waals surface area contributed by atoms with Crippen LogP contribution in [0.25, 0.3) is 0 Å². The van der Waals surface area contributed by atoms with E-state index in [9.17, 15) is 18.4 Å². The van der Waals surface area contributed by atoms with Gasteiger partial charge in [-0.15, -0.1) is 0 Å². The van der Waals surface area contributed by atoms with Gasteiger partial charge in [0.05, 0.1) is 5.92 Å². The summed E-state index contributed by atoms with van der Waals surface area (Å²) < 4.78 is 34.3. The van der Waals surface area contributed by atoms with E-state index in [1.807, 2.05) is 18.7 Å². The largest absolute Gasteiger partial charge is 0.472 e. The minimum atomic E-state index is -0.748. The van der Waals surface area contributed by atoms with Crippen molar-refractivity contribution in [3.05, 3.63) is 50.2 Å². The van der Waals surface area contributed by atoms with Gasteiger partial charge in [-0.25, -0.2) is 8.78 Å². The molecule has 0 aliphatic carbocycles. The predicted octanol–water partition coefficient (Wildman–Crippen LogP) is 3.15. The summed E-state index contributed by atoms with van der Waals surface area (Å²) in [5.41, 5.74) is 5.25. The number of primary amides is 1. The van der Waals surface area contributed by atoms with Gasteiger partial charge in [-0.2, -0.15) is 4.98 Å². The van der Waals surface area contributed by atoms with Gasteiger partial charge in [-0.3, -0.25) is 14.2 Å². The van der Waals surface area contributed by atoms with Crippen molar-refractivity contribution in [3.63, 3.8) is 0 Å². The number of carbonyl (C=O) groups excluding carboxylic acids is 1. The lowest BCUT2D eigenvalue weighted by Crippen LogP contribution is -2.44. The number of anilines is 1. The maximum Gasteiger partial charge on any atom is 0.273 e. The van der Waals surface area contributed by atoms with E-state index < -0.39 is 17.5 Å². The third-order valence-electron chi connectivity index (χ3n) is 5.01. The number of carbonyl (C=O) groups is 1. The number of piperidine rings is 1. The highest BCUT2D eigenvalue weighted by Crippen LogP contribution is 2.28. The van der Waals surface area contributed by atoms with Crippen LogP contribution in [0.15, 0.2) is 27.5 Å². The molecule has 1 aromatic carbocycles. The number of hydrogen-bond donors (Lipinski definition) is 1. The van der Waals surface area contributed by atoms with Gasteiger partial charge in [0.25, 0.3) is 5.56 Å². The second-order valence-electron chi connectivity index (χ2n) is 7.51. The Balaban J connectivity index is 1.96. The highest BCUT2D eigenvalue weighted by Gasteiger charge is 2.29. The first-order valence-corrected chi connectivity index (χ1v) is 10.4. The van der Waals surface area contributed by atoms with Crippen molar-refractivity contribution in [2.24, 2.45) is 11.7 Å². The van der Waals surface area contributed by atoms with Crippen LogP contribution in [0.2, 0.25) is 0 Å². The molecule has 1 unspecified atom stereocenters. The summed E-state index contributed by atoms with van der Waals surface area (Å²) in [7, 11) is 0. The lowest BCUT2D eigenvalue weighted by molar-refractivity contribution is -0.122. The molecule has 0 bridgehead atoms.